The van der Waals surface area contributed by atoms with Gasteiger partial charge in [-0.05, 0) is 43.9 Å². The van der Waals surface area contributed by atoms with Gasteiger partial charge in [0, 0.05) is 11.6 Å². The lowest BCUT2D eigenvalue weighted by molar-refractivity contribution is 0.226. The van der Waals surface area contributed by atoms with Gasteiger partial charge in [0.15, 0.2) is 22.5 Å². The molecule has 1 aromatic carbocycles. The van der Waals surface area contributed by atoms with Gasteiger partial charge in [-0.3, -0.25) is 4.90 Å². The number of halogens is 1. The van der Waals surface area contributed by atoms with Crippen molar-refractivity contribution in [2.75, 3.05) is 18.1 Å². The first kappa shape index (κ1) is 20.0. The maximum Gasteiger partial charge on any atom is 0.222 e. The van der Waals surface area contributed by atoms with Crippen molar-refractivity contribution in [3.05, 3.63) is 35.8 Å². The average molecular weight is 461 g/mol. The average Bonchev–Trinajstić information content (AvgIpc) is 3.76. The topological polar surface area (TPSA) is 67.5 Å². The minimum atomic E-state index is -0.339. The summed E-state index contributed by atoms with van der Waals surface area (Å²) in [5.74, 6) is 7.71. The van der Waals surface area contributed by atoms with Crippen molar-refractivity contribution in [2.45, 2.75) is 44.1 Å². The number of amidine groups is 1. The molecule has 9 heteroatoms. The zero-order valence-electron chi connectivity index (χ0n) is 17.8. The molecule has 1 atom stereocenters. The van der Waals surface area contributed by atoms with Gasteiger partial charge in [0.25, 0.3) is 0 Å². The summed E-state index contributed by atoms with van der Waals surface area (Å²) in [7, 11) is 0. The smallest absolute Gasteiger partial charge is 0.222 e. The van der Waals surface area contributed by atoms with Crippen LogP contribution in [0.3, 0.4) is 0 Å². The quantitative estimate of drug-likeness (QED) is 0.594. The van der Waals surface area contributed by atoms with E-state index in [0.717, 1.165) is 42.9 Å². The molecular weight excluding hydrogens is 440 g/mol. The molecule has 2 saturated carbocycles. The van der Waals surface area contributed by atoms with Gasteiger partial charge < -0.3 is 14.0 Å². The van der Waals surface area contributed by atoms with Crippen LogP contribution < -0.4 is 14.4 Å². The van der Waals surface area contributed by atoms with Crippen LogP contribution in [0.4, 0.5) is 5.82 Å². The molecule has 0 saturated heterocycles. The largest absolute Gasteiger partial charge is 0.477 e. The summed E-state index contributed by atoms with van der Waals surface area (Å²) >= 11 is 6.59. The second kappa shape index (κ2) is 7.75. The van der Waals surface area contributed by atoms with Crippen LogP contribution in [0.5, 0.6) is 11.5 Å². The Morgan fingerprint density at radius 3 is 2.45 bits per heavy atom. The molecule has 1 unspecified atom stereocenters. The van der Waals surface area contributed by atoms with Gasteiger partial charge >= 0.3 is 0 Å². The van der Waals surface area contributed by atoms with E-state index in [1.807, 2.05) is 24.5 Å². The number of aromatic nitrogens is 2. The fraction of sp³-hybridized carbons (Fsp3) is 0.375. The molecule has 0 spiro atoms. The van der Waals surface area contributed by atoms with E-state index in [2.05, 4.69) is 31.3 Å². The van der Waals surface area contributed by atoms with Gasteiger partial charge in [-0.1, -0.05) is 23.4 Å². The first-order chi connectivity index (χ1) is 16.2. The van der Waals surface area contributed by atoms with Crippen LogP contribution in [0.2, 0.25) is 0 Å². The molecule has 2 aliphatic carbocycles. The van der Waals surface area contributed by atoms with E-state index in [-0.39, 0.29) is 19.5 Å². The van der Waals surface area contributed by atoms with Crippen molar-refractivity contribution < 1.29 is 9.47 Å². The number of hydrogen-bond acceptors (Lipinski definition) is 7. The lowest BCUT2D eigenvalue weighted by atomic mass is 10.1. The lowest BCUT2D eigenvalue weighted by Gasteiger charge is -2.32. The molecule has 2 aliphatic heterocycles. The Labute approximate surface area is 196 Å². The molecule has 3 heterocycles. The highest BCUT2D eigenvalue weighted by molar-refractivity contribution is 6.70. The van der Waals surface area contributed by atoms with Crippen molar-refractivity contribution in [2.24, 2.45) is 10.1 Å². The monoisotopic (exact) mass is 460 g/mol. The Morgan fingerprint density at radius 2 is 1.76 bits per heavy atom. The van der Waals surface area contributed by atoms with Crippen LogP contribution in [0.1, 0.15) is 43.0 Å². The van der Waals surface area contributed by atoms with Crippen LogP contribution in [-0.4, -0.2) is 51.1 Å². The number of imidazole rings is 1. The summed E-state index contributed by atoms with van der Waals surface area (Å²) in [4.78, 5) is 11.5. The lowest BCUT2D eigenvalue weighted by Crippen LogP contribution is -2.46. The van der Waals surface area contributed by atoms with Gasteiger partial charge in [-0.25, -0.2) is 15.0 Å². The van der Waals surface area contributed by atoms with E-state index >= 15 is 0 Å². The maximum absolute atomic E-state index is 6.59. The SMILES string of the molecule is C#CCOc1ccc(C2=NN(C3CC3)C3N=C(Cl)c4ncn(C5CC5)c4N23)cc1OCC#C. The fourth-order valence-electron chi connectivity index (χ4n) is 4.21. The molecule has 2 fully saturated rings. The molecule has 1 aromatic heterocycles. The number of rotatable bonds is 7. The Bertz CT molecular complexity index is 1260. The molecule has 0 N–H and O–H groups in total. The standard InChI is InChI=1S/C24H21ClN6O2/c1-3-11-32-18-10-5-15(13-19(18)33-12-4-2)22-28-31(17-8-9-17)24-27-21(25)20-23(30(22)24)29(14-26-20)16-6-7-16/h1-2,5,10,13-14,16-17,24H,6-9,11-12H2. The van der Waals surface area contributed by atoms with Crippen LogP contribution in [0.15, 0.2) is 34.6 Å². The molecule has 166 valence electrons. The number of benzene rings is 1. The number of ether oxygens (including phenoxy) is 2. The second-order valence-electron chi connectivity index (χ2n) is 8.37. The minimum Gasteiger partial charge on any atom is -0.477 e. The van der Waals surface area contributed by atoms with Crippen molar-refractivity contribution >= 4 is 28.4 Å². The van der Waals surface area contributed by atoms with Gasteiger partial charge in [0.1, 0.15) is 24.7 Å². The number of hydrazone groups is 1. The first-order valence-electron chi connectivity index (χ1n) is 10.9. The number of aliphatic imine (C=N–C) groups is 1. The van der Waals surface area contributed by atoms with Crippen molar-refractivity contribution in [3.63, 3.8) is 0 Å². The highest BCUT2D eigenvalue weighted by atomic mass is 35.5. The Hall–Kier alpha value is -3.62. The third-order valence-electron chi connectivity index (χ3n) is 6.01. The third kappa shape index (κ3) is 3.39. The Balaban J connectivity index is 1.45. The summed E-state index contributed by atoms with van der Waals surface area (Å²) in [5.41, 5.74) is 1.54. The zero-order chi connectivity index (χ0) is 22.5. The zero-order valence-corrected chi connectivity index (χ0v) is 18.6. The van der Waals surface area contributed by atoms with Crippen molar-refractivity contribution in [1.29, 1.82) is 0 Å². The van der Waals surface area contributed by atoms with E-state index < -0.39 is 0 Å². The highest BCUT2D eigenvalue weighted by Crippen LogP contribution is 2.45. The van der Waals surface area contributed by atoms with Crippen LogP contribution in [-0.2, 0) is 0 Å². The van der Waals surface area contributed by atoms with E-state index in [9.17, 15) is 0 Å². The highest BCUT2D eigenvalue weighted by Gasteiger charge is 2.48. The van der Waals surface area contributed by atoms with E-state index in [4.69, 9.17) is 44.0 Å². The number of hydrogen-bond donors (Lipinski definition) is 0. The van der Waals surface area contributed by atoms with Crippen LogP contribution in [0.25, 0.3) is 0 Å². The Kier molecular flexibility index (Phi) is 4.70. The third-order valence-corrected chi connectivity index (χ3v) is 6.29. The molecule has 6 rings (SSSR count). The minimum absolute atomic E-state index is 0.112. The van der Waals surface area contributed by atoms with Crippen molar-refractivity contribution in [1.82, 2.24) is 14.6 Å². The molecule has 0 amide bonds. The predicted molar refractivity (Wildman–Crippen MR) is 126 cm³/mol. The summed E-state index contributed by atoms with van der Waals surface area (Å²) in [6, 6.07) is 6.42. The molecule has 2 aromatic rings. The molecule has 0 bridgehead atoms. The van der Waals surface area contributed by atoms with E-state index in [1.165, 1.54) is 0 Å². The van der Waals surface area contributed by atoms with Crippen LogP contribution >= 0.6 is 11.6 Å². The molecule has 33 heavy (non-hydrogen) atoms. The van der Waals surface area contributed by atoms with Crippen molar-refractivity contribution in [3.8, 4) is 36.2 Å². The summed E-state index contributed by atoms with van der Waals surface area (Å²) < 4.78 is 13.6. The maximum atomic E-state index is 6.59. The summed E-state index contributed by atoms with van der Waals surface area (Å²) in [5, 5.41) is 7.48. The Morgan fingerprint density at radius 1 is 1.03 bits per heavy atom. The first-order valence-corrected chi connectivity index (χ1v) is 11.3. The molecule has 8 nitrogen and oxygen atoms in total. The molecular formula is C24H21ClN6O2. The van der Waals surface area contributed by atoms with Gasteiger partial charge in [0.05, 0.1) is 12.4 Å². The number of anilines is 1. The normalized spacial score (nSPS) is 20.9. The van der Waals surface area contributed by atoms with E-state index in [1.54, 1.807) is 0 Å². The van der Waals surface area contributed by atoms with Gasteiger partial charge in [0.2, 0.25) is 6.29 Å². The molecule has 4 aliphatic rings. The summed E-state index contributed by atoms with van der Waals surface area (Å²) in [6.45, 7) is 0.245. The number of fused-ring (bicyclic) bond motifs is 3. The number of nitrogens with zero attached hydrogens (tertiary/aromatic N) is 6. The van der Waals surface area contributed by atoms with E-state index in [0.29, 0.717) is 34.4 Å². The van der Waals surface area contributed by atoms with Gasteiger partial charge in [-0.2, -0.15) is 5.10 Å². The fourth-order valence-corrected chi connectivity index (χ4v) is 4.43. The predicted octanol–water partition coefficient (Wildman–Crippen LogP) is 3.17. The molecule has 0 radical (unpaired) electrons. The number of terminal acetylenes is 2. The second-order valence-corrected chi connectivity index (χ2v) is 8.73. The van der Waals surface area contributed by atoms with Crippen LogP contribution in [0, 0.1) is 24.7 Å². The van der Waals surface area contributed by atoms with Gasteiger partial charge in [-0.15, -0.1) is 12.8 Å². The summed E-state index contributed by atoms with van der Waals surface area (Å²) in [6.07, 6.45) is 16.7.